The minimum absolute atomic E-state index is 0.0148. The molecule has 1 aliphatic rings. The highest BCUT2D eigenvalue weighted by atomic mass is 16.5. The number of benzene rings is 1. The first kappa shape index (κ1) is 16.9. The monoisotopic (exact) mass is 320 g/mol. The summed E-state index contributed by atoms with van der Waals surface area (Å²) < 4.78 is 11.2. The van der Waals surface area contributed by atoms with E-state index >= 15 is 0 Å². The van der Waals surface area contributed by atoms with Crippen molar-refractivity contribution in [3.8, 4) is 11.5 Å². The van der Waals surface area contributed by atoms with Crippen molar-refractivity contribution in [1.29, 1.82) is 0 Å². The molecule has 0 saturated heterocycles. The number of guanidine groups is 1. The second-order valence-electron chi connectivity index (χ2n) is 5.20. The van der Waals surface area contributed by atoms with E-state index in [1.165, 1.54) is 0 Å². The quantitative estimate of drug-likeness (QED) is 0.545. The summed E-state index contributed by atoms with van der Waals surface area (Å²) in [6, 6.07) is 5.52. The smallest absolute Gasteiger partial charge is 0.221 e. The molecule has 0 bridgehead atoms. The molecule has 7 nitrogen and oxygen atoms in total. The van der Waals surface area contributed by atoms with Gasteiger partial charge in [-0.25, -0.2) is 0 Å². The van der Waals surface area contributed by atoms with Crippen molar-refractivity contribution in [3.63, 3.8) is 0 Å². The number of carbonyl (C=O) groups is 1. The third-order valence-corrected chi connectivity index (χ3v) is 3.21. The van der Waals surface area contributed by atoms with E-state index in [9.17, 15) is 4.79 Å². The number of hydrogen-bond donors (Lipinski definition) is 3. The molecule has 23 heavy (non-hydrogen) atoms. The maximum absolute atomic E-state index is 11.5. The van der Waals surface area contributed by atoms with Crippen LogP contribution < -0.4 is 25.8 Å². The predicted molar refractivity (Wildman–Crippen MR) is 90.1 cm³/mol. The van der Waals surface area contributed by atoms with Gasteiger partial charge in [0.2, 0.25) is 5.91 Å². The highest BCUT2D eigenvalue weighted by Gasteiger charge is 2.10. The van der Waals surface area contributed by atoms with Crippen LogP contribution in [0.4, 0.5) is 5.69 Å². The lowest BCUT2D eigenvalue weighted by Gasteiger charge is -2.10. The van der Waals surface area contributed by atoms with E-state index in [2.05, 4.69) is 15.6 Å². The van der Waals surface area contributed by atoms with Gasteiger partial charge in [-0.1, -0.05) is 6.92 Å². The van der Waals surface area contributed by atoms with Gasteiger partial charge >= 0.3 is 0 Å². The number of anilines is 1. The molecular formula is C16H24N4O3. The lowest BCUT2D eigenvalue weighted by Crippen LogP contribution is -2.26. The molecule has 0 aliphatic carbocycles. The Morgan fingerprint density at radius 3 is 2.87 bits per heavy atom. The van der Waals surface area contributed by atoms with Crippen LogP contribution in [0.1, 0.15) is 26.2 Å². The first-order chi connectivity index (χ1) is 11.2. The van der Waals surface area contributed by atoms with Gasteiger partial charge in [0, 0.05) is 31.1 Å². The van der Waals surface area contributed by atoms with Crippen molar-refractivity contribution in [3.05, 3.63) is 18.2 Å². The minimum Gasteiger partial charge on any atom is -0.490 e. The number of carbonyl (C=O) groups excluding carboxylic acids is 1. The molecule has 1 aliphatic heterocycles. The van der Waals surface area contributed by atoms with E-state index in [1.807, 2.05) is 25.1 Å². The summed E-state index contributed by atoms with van der Waals surface area (Å²) in [7, 11) is 0. The Hall–Kier alpha value is -2.44. The van der Waals surface area contributed by atoms with Gasteiger partial charge in [0.05, 0.1) is 19.8 Å². The summed E-state index contributed by atoms with van der Waals surface area (Å²) in [5.74, 6) is 1.68. The molecule has 0 spiro atoms. The molecule has 0 atom stereocenters. The first-order valence-corrected chi connectivity index (χ1v) is 7.92. The molecule has 7 heteroatoms. The number of rotatable bonds is 6. The van der Waals surface area contributed by atoms with E-state index in [0.717, 1.165) is 24.3 Å². The van der Waals surface area contributed by atoms with Gasteiger partial charge in [0.15, 0.2) is 17.5 Å². The molecule has 1 heterocycles. The number of aliphatic imine (C=N–C) groups is 1. The molecule has 0 aromatic heterocycles. The Balaban J connectivity index is 1.85. The van der Waals surface area contributed by atoms with Crippen LogP contribution in [0.15, 0.2) is 23.2 Å². The summed E-state index contributed by atoms with van der Waals surface area (Å²) in [4.78, 5) is 15.6. The molecule has 1 aromatic carbocycles. The van der Waals surface area contributed by atoms with Crippen molar-refractivity contribution < 1.29 is 14.3 Å². The largest absolute Gasteiger partial charge is 0.490 e. The van der Waals surface area contributed by atoms with Crippen molar-refractivity contribution >= 4 is 17.6 Å². The fourth-order valence-electron chi connectivity index (χ4n) is 2.06. The maximum Gasteiger partial charge on any atom is 0.221 e. The summed E-state index contributed by atoms with van der Waals surface area (Å²) in [5.41, 5.74) is 6.60. The lowest BCUT2D eigenvalue weighted by molar-refractivity contribution is -0.120. The minimum atomic E-state index is -0.0148. The van der Waals surface area contributed by atoms with Gasteiger partial charge in [-0.15, -0.1) is 0 Å². The summed E-state index contributed by atoms with van der Waals surface area (Å²) in [6.45, 7) is 4.33. The Morgan fingerprint density at radius 1 is 1.30 bits per heavy atom. The second-order valence-corrected chi connectivity index (χ2v) is 5.20. The number of nitrogens with one attached hydrogen (secondary N) is 2. The van der Waals surface area contributed by atoms with Gasteiger partial charge in [-0.2, -0.15) is 0 Å². The van der Waals surface area contributed by atoms with Gasteiger partial charge in [0.1, 0.15) is 0 Å². The number of ether oxygens (including phenoxy) is 2. The van der Waals surface area contributed by atoms with E-state index in [1.54, 1.807) is 0 Å². The van der Waals surface area contributed by atoms with Crippen LogP contribution in [0.5, 0.6) is 11.5 Å². The standard InChI is InChI=1S/C16H24N4O3/c1-2-7-18-15(21)6-8-19-16(17)20-12-4-5-13-14(11-12)23-10-3-9-22-13/h4-5,11H,2-3,6-10H2,1H3,(H,18,21)(H3,17,19,20). The van der Waals surface area contributed by atoms with Gasteiger partial charge in [-0.3, -0.25) is 9.79 Å². The molecule has 2 rings (SSSR count). The van der Waals surface area contributed by atoms with Gasteiger partial charge in [0.25, 0.3) is 0 Å². The van der Waals surface area contributed by atoms with E-state index in [4.69, 9.17) is 15.2 Å². The summed E-state index contributed by atoms with van der Waals surface area (Å²) in [5, 5.41) is 5.79. The lowest BCUT2D eigenvalue weighted by atomic mass is 10.3. The molecule has 1 aromatic rings. The summed E-state index contributed by atoms with van der Waals surface area (Å²) in [6.07, 6.45) is 2.10. The Labute approximate surface area is 136 Å². The average Bonchev–Trinajstić information content (AvgIpc) is 2.77. The number of nitrogens with two attached hydrogens (primary N) is 1. The fourth-order valence-corrected chi connectivity index (χ4v) is 2.06. The topological polar surface area (TPSA) is 98.0 Å². The van der Waals surface area contributed by atoms with Gasteiger partial charge < -0.3 is 25.8 Å². The Bertz CT molecular complexity index is 560. The molecule has 126 valence electrons. The predicted octanol–water partition coefficient (Wildman–Crippen LogP) is 1.49. The maximum atomic E-state index is 11.5. The average molecular weight is 320 g/mol. The van der Waals surface area contributed by atoms with Crippen molar-refractivity contribution in [2.75, 3.05) is 31.6 Å². The van der Waals surface area contributed by atoms with Crippen LogP contribution in [-0.2, 0) is 4.79 Å². The second kappa shape index (κ2) is 8.87. The van der Waals surface area contributed by atoms with E-state index in [-0.39, 0.29) is 11.9 Å². The van der Waals surface area contributed by atoms with Crippen molar-refractivity contribution in [1.82, 2.24) is 5.32 Å². The first-order valence-electron chi connectivity index (χ1n) is 7.92. The summed E-state index contributed by atoms with van der Waals surface area (Å²) >= 11 is 0. The van der Waals surface area contributed by atoms with Crippen LogP contribution >= 0.6 is 0 Å². The Morgan fingerprint density at radius 2 is 2.09 bits per heavy atom. The van der Waals surface area contributed by atoms with Crippen molar-refractivity contribution in [2.45, 2.75) is 26.2 Å². The highest BCUT2D eigenvalue weighted by Crippen LogP contribution is 2.32. The number of fused-ring (bicyclic) bond motifs is 1. The third-order valence-electron chi connectivity index (χ3n) is 3.21. The molecular weight excluding hydrogens is 296 g/mol. The van der Waals surface area contributed by atoms with E-state index < -0.39 is 0 Å². The zero-order valence-electron chi connectivity index (χ0n) is 13.4. The van der Waals surface area contributed by atoms with Crippen molar-refractivity contribution in [2.24, 2.45) is 10.7 Å². The van der Waals surface area contributed by atoms with Crippen LogP contribution in [-0.4, -0.2) is 38.2 Å². The SMILES string of the molecule is CCCNC(=O)CCN=C(N)Nc1ccc2c(c1)OCCCO2. The van der Waals surface area contributed by atoms with Crippen LogP contribution in [0.3, 0.4) is 0 Å². The third kappa shape index (κ3) is 5.69. The number of nitrogens with zero attached hydrogens (tertiary/aromatic N) is 1. The van der Waals surface area contributed by atoms with Crippen LogP contribution in [0.2, 0.25) is 0 Å². The zero-order chi connectivity index (χ0) is 16.5. The highest BCUT2D eigenvalue weighted by molar-refractivity contribution is 5.92. The molecule has 4 N–H and O–H groups in total. The molecule has 0 unspecified atom stereocenters. The van der Waals surface area contributed by atoms with Gasteiger partial charge in [-0.05, 0) is 18.6 Å². The molecule has 0 saturated carbocycles. The normalized spacial score (nSPS) is 14.0. The number of hydrogen-bond acceptors (Lipinski definition) is 4. The molecule has 0 radical (unpaired) electrons. The fraction of sp³-hybridized carbons (Fsp3) is 0.500. The molecule has 0 fully saturated rings. The Kier molecular flexibility index (Phi) is 6.53. The van der Waals surface area contributed by atoms with Crippen LogP contribution in [0.25, 0.3) is 0 Å². The number of amides is 1. The molecule has 1 amide bonds. The zero-order valence-corrected chi connectivity index (χ0v) is 13.4. The van der Waals surface area contributed by atoms with E-state index in [0.29, 0.717) is 38.5 Å². The van der Waals surface area contributed by atoms with Crippen LogP contribution in [0, 0.1) is 0 Å².